The average molecular weight is 444 g/mol. The zero-order valence-corrected chi connectivity index (χ0v) is 18.6. The molecule has 0 aliphatic rings. The van der Waals surface area contributed by atoms with Gasteiger partial charge >= 0.3 is 5.69 Å². The number of benzene rings is 2. The normalized spacial score (nSPS) is 11.9. The summed E-state index contributed by atoms with van der Waals surface area (Å²) in [6, 6.07) is 19.2. The molecule has 0 bridgehead atoms. The molecule has 0 saturated heterocycles. The summed E-state index contributed by atoms with van der Waals surface area (Å²) >= 11 is 0. The molecule has 168 valence electrons. The molecule has 0 radical (unpaired) electrons. The van der Waals surface area contributed by atoms with Gasteiger partial charge in [-0.3, -0.25) is 18.7 Å². The summed E-state index contributed by atoms with van der Waals surface area (Å²) in [5.41, 5.74) is 1.01. The summed E-state index contributed by atoms with van der Waals surface area (Å²) in [5.74, 6) is 0.0242. The Morgan fingerprint density at radius 2 is 1.70 bits per heavy atom. The van der Waals surface area contributed by atoms with E-state index in [0.717, 1.165) is 23.0 Å². The van der Waals surface area contributed by atoms with Crippen molar-refractivity contribution in [3.05, 3.63) is 93.3 Å². The molecule has 4 rings (SSSR count). The van der Waals surface area contributed by atoms with E-state index in [2.05, 4.69) is 15.3 Å². The number of nitrogens with zero attached hydrogens (tertiary/aromatic N) is 4. The van der Waals surface area contributed by atoms with Gasteiger partial charge in [0.05, 0.1) is 0 Å². The van der Waals surface area contributed by atoms with Crippen LogP contribution in [0.3, 0.4) is 0 Å². The number of amides is 1. The Bertz CT molecular complexity index is 1390. The summed E-state index contributed by atoms with van der Waals surface area (Å²) in [7, 11) is 1.53. The molecule has 4 aromatic rings. The van der Waals surface area contributed by atoms with Crippen LogP contribution in [0.5, 0.6) is 0 Å². The Kier molecular flexibility index (Phi) is 6.44. The lowest BCUT2D eigenvalue weighted by Gasteiger charge is -2.15. The molecule has 8 heteroatoms. The summed E-state index contributed by atoms with van der Waals surface area (Å²) in [6.45, 7) is 1.54. The van der Waals surface area contributed by atoms with E-state index >= 15 is 0 Å². The van der Waals surface area contributed by atoms with Crippen molar-refractivity contribution in [1.29, 1.82) is 0 Å². The average Bonchev–Trinajstić information content (AvgIpc) is 2.85. The molecule has 0 fully saturated rings. The first-order valence-corrected chi connectivity index (χ1v) is 10.8. The van der Waals surface area contributed by atoms with Crippen LogP contribution >= 0.6 is 0 Å². The lowest BCUT2D eigenvalue weighted by atomic mass is 10.1. The number of hydrogen-bond donors (Lipinski definition) is 1. The van der Waals surface area contributed by atoms with E-state index < -0.39 is 17.2 Å². The molecule has 2 aromatic heterocycles. The summed E-state index contributed by atoms with van der Waals surface area (Å²) in [5, 5.41) is 3.06. The van der Waals surface area contributed by atoms with Crippen molar-refractivity contribution in [3.63, 3.8) is 0 Å². The number of aryl methyl sites for hydroxylation is 2. The van der Waals surface area contributed by atoms with Crippen LogP contribution in [0.2, 0.25) is 0 Å². The highest BCUT2D eigenvalue weighted by Crippen LogP contribution is 2.15. The Morgan fingerprint density at radius 1 is 1.03 bits per heavy atom. The van der Waals surface area contributed by atoms with E-state index in [-0.39, 0.29) is 23.6 Å². The van der Waals surface area contributed by atoms with E-state index in [1.54, 1.807) is 0 Å². The summed E-state index contributed by atoms with van der Waals surface area (Å²) in [6.07, 6.45) is 2.97. The van der Waals surface area contributed by atoms with Gasteiger partial charge in [-0.05, 0) is 25.3 Å². The number of carbonyl (C=O) groups excluding carboxylic acids is 1. The fourth-order valence-electron chi connectivity index (χ4n) is 3.71. The first-order valence-electron chi connectivity index (χ1n) is 10.8. The molecular formula is C25H25N5O3. The standard InChI is InChI=1S/C25H25N5O3/c1-17(13-14-18-9-5-3-6-10-18)27-21(31)16-30-24(32)20-15-26-22(19-11-7-4-8-12-19)28-23(20)29(2)25(30)33/h3-12,15,17H,13-14,16H2,1-2H3,(H,27,31)/t17-/m1/s1. The third-order valence-corrected chi connectivity index (χ3v) is 5.53. The largest absolute Gasteiger partial charge is 0.352 e. The highest BCUT2D eigenvalue weighted by Gasteiger charge is 2.17. The lowest BCUT2D eigenvalue weighted by Crippen LogP contribution is -2.45. The number of carbonyl (C=O) groups is 1. The number of hydrogen-bond acceptors (Lipinski definition) is 5. The zero-order chi connectivity index (χ0) is 23.4. The fourth-order valence-corrected chi connectivity index (χ4v) is 3.71. The monoisotopic (exact) mass is 443 g/mol. The minimum Gasteiger partial charge on any atom is -0.352 e. The van der Waals surface area contributed by atoms with Crippen molar-refractivity contribution in [2.75, 3.05) is 0 Å². The van der Waals surface area contributed by atoms with Crippen molar-refractivity contribution >= 4 is 16.9 Å². The quantitative estimate of drug-likeness (QED) is 0.473. The molecule has 33 heavy (non-hydrogen) atoms. The van der Waals surface area contributed by atoms with Gasteiger partial charge in [0.25, 0.3) is 5.56 Å². The molecule has 1 amide bonds. The molecule has 0 spiro atoms. The van der Waals surface area contributed by atoms with E-state index in [0.29, 0.717) is 5.82 Å². The molecule has 1 N–H and O–H groups in total. The van der Waals surface area contributed by atoms with Crippen LogP contribution in [-0.4, -0.2) is 31.1 Å². The van der Waals surface area contributed by atoms with Crippen LogP contribution in [0.1, 0.15) is 18.9 Å². The minimum atomic E-state index is -0.600. The van der Waals surface area contributed by atoms with E-state index in [1.807, 2.05) is 67.6 Å². The van der Waals surface area contributed by atoms with Gasteiger partial charge in [-0.1, -0.05) is 60.7 Å². The fraction of sp³-hybridized carbons (Fsp3) is 0.240. The molecule has 0 aliphatic heterocycles. The molecular weight excluding hydrogens is 418 g/mol. The van der Waals surface area contributed by atoms with Crippen molar-refractivity contribution in [2.45, 2.75) is 32.4 Å². The van der Waals surface area contributed by atoms with Crippen molar-refractivity contribution < 1.29 is 4.79 Å². The highest BCUT2D eigenvalue weighted by atomic mass is 16.2. The minimum absolute atomic E-state index is 0.102. The van der Waals surface area contributed by atoms with Gasteiger partial charge in [0.1, 0.15) is 11.9 Å². The number of fused-ring (bicyclic) bond motifs is 1. The second-order valence-corrected chi connectivity index (χ2v) is 8.02. The van der Waals surface area contributed by atoms with Crippen LogP contribution in [0.4, 0.5) is 0 Å². The predicted molar refractivity (Wildman–Crippen MR) is 127 cm³/mol. The Hall–Kier alpha value is -4.07. The predicted octanol–water partition coefficient (Wildman–Crippen LogP) is 2.29. The molecule has 2 aromatic carbocycles. The van der Waals surface area contributed by atoms with Gasteiger partial charge in [0.2, 0.25) is 5.91 Å². The molecule has 8 nitrogen and oxygen atoms in total. The second-order valence-electron chi connectivity index (χ2n) is 8.02. The van der Waals surface area contributed by atoms with Gasteiger partial charge in [0, 0.05) is 24.8 Å². The van der Waals surface area contributed by atoms with Crippen LogP contribution in [-0.2, 0) is 24.8 Å². The molecule has 0 aliphatic carbocycles. The lowest BCUT2D eigenvalue weighted by molar-refractivity contribution is -0.122. The van der Waals surface area contributed by atoms with Gasteiger partial charge in [0.15, 0.2) is 11.5 Å². The van der Waals surface area contributed by atoms with Gasteiger partial charge < -0.3 is 5.32 Å². The smallest absolute Gasteiger partial charge is 0.332 e. The Balaban J connectivity index is 1.53. The van der Waals surface area contributed by atoms with Crippen LogP contribution in [0.15, 0.2) is 76.4 Å². The maximum atomic E-state index is 13.0. The second kappa shape index (κ2) is 9.60. The third-order valence-electron chi connectivity index (χ3n) is 5.53. The highest BCUT2D eigenvalue weighted by molar-refractivity contribution is 5.78. The molecule has 0 saturated carbocycles. The number of aromatic nitrogens is 4. The topological polar surface area (TPSA) is 98.9 Å². The van der Waals surface area contributed by atoms with Crippen molar-refractivity contribution in [3.8, 4) is 11.4 Å². The zero-order valence-electron chi connectivity index (χ0n) is 18.6. The molecule has 1 atom stereocenters. The van der Waals surface area contributed by atoms with Crippen LogP contribution in [0, 0.1) is 0 Å². The van der Waals surface area contributed by atoms with Crippen molar-refractivity contribution in [1.82, 2.24) is 24.4 Å². The van der Waals surface area contributed by atoms with E-state index in [9.17, 15) is 14.4 Å². The number of rotatable bonds is 7. The molecule has 0 unspecified atom stereocenters. The maximum Gasteiger partial charge on any atom is 0.332 e. The van der Waals surface area contributed by atoms with Gasteiger partial charge in [-0.15, -0.1) is 0 Å². The maximum absolute atomic E-state index is 13.0. The molecule has 2 heterocycles. The van der Waals surface area contributed by atoms with E-state index in [4.69, 9.17) is 0 Å². The Labute approximate surface area is 190 Å². The van der Waals surface area contributed by atoms with Crippen molar-refractivity contribution in [2.24, 2.45) is 7.05 Å². The number of nitrogens with one attached hydrogen (secondary N) is 1. The van der Waals surface area contributed by atoms with Crippen LogP contribution in [0.25, 0.3) is 22.4 Å². The third kappa shape index (κ3) is 4.90. The van der Waals surface area contributed by atoms with Crippen LogP contribution < -0.4 is 16.6 Å². The SMILES string of the molecule is C[C@H](CCc1ccccc1)NC(=O)Cn1c(=O)c2cnc(-c3ccccc3)nc2n(C)c1=O. The van der Waals surface area contributed by atoms with Gasteiger partial charge in [-0.2, -0.15) is 0 Å². The Morgan fingerprint density at radius 3 is 2.39 bits per heavy atom. The first-order chi connectivity index (χ1) is 15.9. The van der Waals surface area contributed by atoms with Gasteiger partial charge in [-0.25, -0.2) is 14.8 Å². The first kappa shape index (κ1) is 22.1. The summed E-state index contributed by atoms with van der Waals surface area (Å²) in [4.78, 5) is 47.1. The van der Waals surface area contributed by atoms with E-state index in [1.165, 1.54) is 23.4 Å². The summed E-state index contributed by atoms with van der Waals surface area (Å²) < 4.78 is 2.20.